The molecule has 6 rings (SSSR count). The lowest BCUT2D eigenvalue weighted by Gasteiger charge is -2.29. The van der Waals surface area contributed by atoms with Gasteiger partial charge in [0.05, 0.1) is 16.5 Å². The maximum absolute atomic E-state index is 13.9. The third-order valence-electron chi connectivity index (χ3n) is 9.72. The van der Waals surface area contributed by atoms with Gasteiger partial charge in [0.1, 0.15) is 7.05 Å². The number of allylic oxidation sites excluding steroid dienone is 4. The van der Waals surface area contributed by atoms with Gasteiger partial charge in [-0.2, -0.15) is 30.9 Å². The van der Waals surface area contributed by atoms with Gasteiger partial charge in [0.2, 0.25) is 5.69 Å². The molecule has 0 N–H and O–H groups in total. The predicted molar refractivity (Wildman–Crippen MR) is 174 cm³/mol. The van der Waals surface area contributed by atoms with E-state index in [-0.39, 0.29) is 0 Å². The fraction of sp³-hybridized carbons (Fsp3) is 0.256. The number of halogens is 6. The molecule has 0 fully saturated rings. The number of benzene rings is 4. The number of nitrogens with zero attached hydrogens (tertiary/aromatic N) is 2. The molecule has 0 radical (unpaired) electrons. The Hall–Kier alpha value is -4.59. The number of hydrogen-bond acceptors (Lipinski definition) is 1. The fourth-order valence-electron chi connectivity index (χ4n) is 7.37. The van der Waals surface area contributed by atoms with Gasteiger partial charge in [-0.25, -0.2) is 0 Å². The minimum atomic E-state index is -4.48. The number of rotatable bonds is 6. The molecule has 0 spiro atoms. The fourth-order valence-corrected chi connectivity index (χ4v) is 7.37. The van der Waals surface area contributed by atoms with Gasteiger partial charge in [-0.05, 0) is 79.8 Å². The molecule has 47 heavy (non-hydrogen) atoms. The molecule has 0 amide bonds. The van der Waals surface area contributed by atoms with Gasteiger partial charge in [0.15, 0.2) is 5.71 Å². The minimum Gasteiger partial charge on any atom is -0.347 e. The minimum absolute atomic E-state index is 0.472. The molecule has 2 atom stereocenters. The van der Waals surface area contributed by atoms with Gasteiger partial charge >= 0.3 is 12.4 Å². The van der Waals surface area contributed by atoms with Crippen molar-refractivity contribution in [3.63, 3.8) is 0 Å². The van der Waals surface area contributed by atoms with Crippen LogP contribution in [-0.4, -0.2) is 24.4 Å². The Labute approximate surface area is 271 Å². The Bertz CT molecular complexity index is 1900. The van der Waals surface area contributed by atoms with Crippen LogP contribution in [-0.2, 0) is 36.0 Å². The van der Waals surface area contributed by atoms with Crippen molar-refractivity contribution >= 4 is 17.1 Å². The number of anilines is 1. The van der Waals surface area contributed by atoms with Crippen LogP contribution in [0.1, 0.15) is 47.2 Å². The molecular formula is C39H35F6N2+. The summed E-state index contributed by atoms with van der Waals surface area (Å²) >= 11 is 0. The zero-order chi connectivity index (χ0) is 33.8. The van der Waals surface area contributed by atoms with Crippen LogP contribution < -0.4 is 4.90 Å². The van der Waals surface area contributed by atoms with Crippen LogP contribution in [0, 0.1) is 0 Å². The van der Waals surface area contributed by atoms with Gasteiger partial charge in [0.25, 0.3) is 0 Å². The summed E-state index contributed by atoms with van der Waals surface area (Å²) in [6, 6.07) is 27.1. The maximum Gasteiger partial charge on any atom is 0.416 e. The van der Waals surface area contributed by atoms with E-state index < -0.39 is 34.3 Å². The Morgan fingerprint density at radius 3 is 1.74 bits per heavy atom. The molecule has 0 saturated heterocycles. The largest absolute Gasteiger partial charge is 0.416 e. The number of likely N-dealkylation sites (N-methyl/N-ethyl adjacent to an activating group) is 1. The van der Waals surface area contributed by atoms with Gasteiger partial charge in [-0.1, -0.05) is 66.7 Å². The quantitative estimate of drug-likeness (QED) is 0.149. The Morgan fingerprint density at radius 2 is 1.19 bits per heavy atom. The Kier molecular flexibility index (Phi) is 7.97. The normalized spacial score (nSPS) is 22.0. The summed E-state index contributed by atoms with van der Waals surface area (Å²) in [4.78, 5) is 1.93. The van der Waals surface area contributed by atoms with Crippen LogP contribution in [0.2, 0.25) is 0 Å². The van der Waals surface area contributed by atoms with Gasteiger partial charge in [-0.15, -0.1) is 0 Å². The van der Waals surface area contributed by atoms with E-state index in [9.17, 15) is 26.3 Å². The van der Waals surface area contributed by atoms with Crippen LogP contribution >= 0.6 is 0 Å². The second-order valence-corrected chi connectivity index (χ2v) is 12.9. The first kappa shape index (κ1) is 32.4. The van der Waals surface area contributed by atoms with Crippen molar-refractivity contribution in [1.29, 1.82) is 0 Å². The van der Waals surface area contributed by atoms with Crippen LogP contribution in [0.5, 0.6) is 0 Å². The van der Waals surface area contributed by atoms with Gasteiger partial charge in [-0.3, -0.25) is 0 Å². The number of alkyl halides is 6. The topological polar surface area (TPSA) is 6.25 Å². The van der Waals surface area contributed by atoms with Crippen LogP contribution in [0.15, 0.2) is 121 Å². The molecule has 4 aromatic carbocycles. The molecule has 2 aliphatic rings. The lowest BCUT2D eigenvalue weighted by Crippen LogP contribution is -2.33. The monoisotopic (exact) mass is 645 g/mol. The van der Waals surface area contributed by atoms with E-state index >= 15 is 0 Å². The summed E-state index contributed by atoms with van der Waals surface area (Å²) < 4.78 is 85.1. The van der Waals surface area contributed by atoms with E-state index in [0.29, 0.717) is 35.3 Å². The van der Waals surface area contributed by atoms with Crippen molar-refractivity contribution in [2.45, 2.75) is 49.9 Å². The zero-order valence-electron chi connectivity index (χ0n) is 26.5. The van der Waals surface area contributed by atoms with Crippen LogP contribution in [0.3, 0.4) is 0 Å². The van der Waals surface area contributed by atoms with Gasteiger partial charge in [0, 0.05) is 41.6 Å². The summed E-state index contributed by atoms with van der Waals surface area (Å²) in [5.74, 6) is 0. The van der Waals surface area contributed by atoms with Crippen molar-refractivity contribution < 1.29 is 30.9 Å². The molecule has 0 aliphatic carbocycles. The standard InChI is InChI=1S/C39H35F6N2/c1-36(24-26-12-7-5-8-13-26)30-22-28(38(40,41)42)18-20-32(30)46(3)34(36)16-11-17-35-37(2,25-27-14-9-6-10-15-27)31-23-29(39(43,44)45)19-21-33(31)47(35)4/h5-23H,24-25H2,1-4H3/q+1. The van der Waals surface area contributed by atoms with Crippen molar-refractivity contribution in [2.75, 3.05) is 19.0 Å². The third kappa shape index (κ3) is 5.79. The highest BCUT2D eigenvalue weighted by Crippen LogP contribution is 2.51. The van der Waals surface area contributed by atoms with E-state index in [1.165, 1.54) is 24.3 Å². The van der Waals surface area contributed by atoms with Crippen molar-refractivity contribution in [2.24, 2.45) is 0 Å². The number of fused-ring (bicyclic) bond motifs is 2. The van der Waals surface area contributed by atoms with E-state index in [1.54, 1.807) is 0 Å². The van der Waals surface area contributed by atoms with Crippen molar-refractivity contribution in [3.05, 3.63) is 154 Å². The van der Waals surface area contributed by atoms with E-state index in [4.69, 9.17) is 0 Å². The molecule has 0 bridgehead atoms. The Morgan fingerprint density at radius 1 is 0.681 bits per heavy atom. The average Bonchev–Trinajstić information content (AvgIpc) is 3.36. The molecule has 2 aliphatic heterocycles. The second kappa shape index (κ2) is 11.6. The highest BCUT2D eigenvalue weighted by atomic mass is 19.4. The Balaban J connectivity index is 1.45. The lowest BCUT2D eigenvalue weighted by molar-refractivity contribution is -0.401. The molecule has 2 nitrogen and oxygen atoms in total. The summed E-state index contributed by atoms with van der Waals surface area (Å²) in [5.41, 5.74) is 3.19. The lowest BCUT2D eigenvalue weighted by atomic mass is 9.74. The first-order valence-electron chi connectivity index (χ1n) is 15.4. The molecule has 2 heterocycles. The molecular weight excluding hydrogens is 610 g/mol. The number of hydrogen-bond donors (Lipinski definition) is 0. The van der Waals surface area contributed by atoms with Crippen LogP contribution in [0.25, 0.3) is 0 Å². The molecule has 2 unspecified atom stereocenters. The van der Waals surface area contributed by atoms with Gasteiger partial charge < -0.3 is 4.90 Å². The molecule has 0 aromatic heterocycles. The molecule has 8 heteroatoms. The average molecular weight is 646 g/mol. The van der Waals surface area contributed by atoms with Crippen molar-refractivity contribution in [1.82, 2.24) is 0 Å². The maximum atomic E-state index is 13.9. The predicted octanol–water partition coefficient (Wildman–Crippen LogP) is 10.0. The van der Waals surface area contributed by atoms with E-state index in [0.717, 1.165) is 34.7 Å². The molecule has 4 aromatic rings. The second-order valence-electron chi connectivity index (χ2n) is 12.9. The van der Waals surface area contributed by atoms with Crippen LogP contribution in [0.4, 0.5) is 37.7 Å². The summed E-state index contributed by atoms with van der Waals surface area (Å²) in [5, 5.41) is 0. The summed E-state index contributed by atoms with van der Waals surface area (Å²) in [6.07, 6.45) is -2.31. The smallest absolute Gasteiger partial charge is 0.347 e. The summed E-state index contributed by atoms with van der Waals surface area (Å²) in [7, 11) is 3.70. The van der Waals surface area contributed by atoms with E-state index in [1.807, 2.05) is 116 Å². The van der Waals surface area contributed by atoms with Crippen molar-refractivity contribution in [3.8, 4) is 0 Å². The third-order valence-corrected chi connectivity index (χ3v) is 9.72. The molecule has 0 saturated carbocycles. The highest BCUT2D eigenvalue weighted by Gasteiger charge is 2.48. The SMILES string of the molecule is CN1C(=CC=CC2=[N+](C)c3ccc(C(F)(F)F)cc3C2(C)Cc2ccccc2)C(C)(Cc2ccccc2)c2cc(C(F)(F)F)ccc21. The molecule has 242 valence electrons. The summed E-state index contributed by atoms with van der Waals surface area (Å²) in [6.45, 7) is 3.93. The first-order valence-corrected chi connectivity index (χ1v) is 15.4. The zero-order valence-corrected chi connectivity index (χ0v) is 26.5. The first-order chi connectivity index (χ1) is 22.1. The van der Waals surface area contributed by atoms with E-state index in [2.05, 4.69) is 0 Å². The highest BCUT2D eigenvalue weighted by molar-refractivity contribution is 6.03.